The quantitative estimate of drug-likeness (QED) is 0.473. The van der Waals surface area contributed by atoms with Gasteiger partial charge in [0, 0.05) is 19.6 Å². The van der Waals surface area contributed by atoms with Crippen molar-refractivity contribution in [2.45, 2.75) is 30.6 Å². The predicted octanol–water partition coefficient (Wildman–Crippen LogP) is 1.83. The molecule has 3 unspecified atom stereocenters. The summed E-state index contributed by atoms with van der Waals surface area (Å²) in [6, 6.07) is 15.4. The second-order valence-corrected chi connectivity index (χ2v) is 8.02. The van der Waals surface area contributed by atoms with Gasteiger partial charge in [-0.25, -0.2) is 15.1 Å². The number of carbonyl (C=O) groups excluding carboxylic acids is 2. The minimum absolute atomic E-state index is 0.0841. The first-order valence-electron chi connectivity index (χ1n) is 10.9. The van der Waals surface area contributed by atoms with E-state index in [-0.39, 0.29) is 25.7 Å². The average molecular weight is 470 g/mol. The molecule has 4 rings (SSSR count). The lowest BCUT2D eigenvalue weighted by Gasteiger charge is -2.21. The number of carboxylic acid groups (broad SMARTS) is 1. The van der Waals surface area contributed by atoms with E-state index >= 15 is 0 Å². The van der Waals surface area contributed by atoms with Crippen molar-refractivity contribution in [3.05, 3.63) is 59.7 Å². The molecule has 2 aliphatic rings. The fourth-order valence-corrected chi connectivity index (χ4v) is 4.28. The van der Waals surface area contributed by atoms with Crippen molar-refractivity contribution >= 4 is 18.0 Å². The van der Waals surface area contributed by atoms with E-state index in [1.807, 2.05) is 36.4 Å². The molecule has 10 nitrogen and oxygen atoms in total. The van der Waals surface area contributed by atoms with Gasteiger partial charge in [0.1, 0.15) is 6.61 Å². The van der Waals surface area contributed by atoms with Crippen LogP contribution in [0.5, 0.6) is 0 Å². The zero-order chi connectivity index (χ0) is 24.1. The normalized spacial score (nSPS) is 19.7. The molecule has 0 saturated carbocycles. The van der Waals surface area contributed by atoms with E-state index < -0.39 is 36.2 Å². The highest BCUT2D eigenvalue weighted by molar-refractivity contribution is 5.82. The van der Waals surface area contributed by atoms with Gasteiger partial charge in [0.05, 0.1) is 12.6 Å². The van der Waals surface area contributed by atoms with Gasteiger partial charge in [-0.05, 0) is 28.7 Å². The second-order valence-electron chi connectivity index (χ2n) is 8.02. The highest BCUT2D eigenvalue weighted by atomic mass is 16.7. The lowest BCUT2D eigenvalue weighted by molar-refractivity contribution is -0.168. The van der Waals surface area contributed by atoms with E-state index in [1.54, 1.807) is 0 Å². The van der Waals surface area contributed by atoms with Gasteiger partial charge in [-0.2, -0.15) is 0 Å². The first kappa shape index (κ1) is 23.7. The van der Waals surface area contributed by atoms with Crippen LogP contribution in [0.15, 0.2) is 48.5 Å². The molecular weight excluding hydrogens is 444 g/mol. The number of fused-ring (bicyclic) bond motifs is 3. The third-order valence-corrected chi connectivity index (χ3v) is 5.89. The van der Waals surface area contributed by atoms with E-state index in [4.69, 9.17) is 24.2 Å². The summed E-state index contributed by atoms with van der Waals surface area (Å²) < 4.78 is 15.7. The lowest BCUT2D eigenvalue weighted by Crippen LogP contribution is -2.49. The number of benzene rings is 2. The van der Waals surface area contributed by atoms with Crippen LogP contribution in [0, 0.1) is 0 Å². The second kappa shape index (κ2) is 10.6. The number of methoxy groups -OCH3 is 1. The van der Waals surface area contributed by atoms with Crippen LogP contribution in [-0.4, -0.2) is 68.3 Å². The molecule has 0 aromatic heterocycles. The molecule has 1 aliphatic heterocycles. The summed E-state index contributed by atoms with van der Waals surface area (Å²) in [4.78, 5) is 41.0. The average Bonchev–Trinajstić information content (AvgIpc) is 3.42. The minimum Gasteiger partial charge on any atom is -0.479 e. The number of hydrogen-bond donors (Lipinski definition) is 3. The van der Waals surface area contributed by atoms with Crippen LogP contribution in [-0.2, 0) is 28.6 Å². The van der Waals surface area contributed by atoms with Crippen LogP contribution in [0.2, 0.25) is 0 Å². The number of amides is 2. The largest absolute Gasteiger partial charge is 0.479 e. The number of aliphatic carboxylic acids is 1. The molecular formula is C24H26N2O8. The molecule has 0 radical (unpaired) electrons. The van der Waals surface area contributed by atoms with Crippen molar-refractivity contribution in [1.29, 1.82) is 0 Å². The summed E-state index contributed by atoms with van der Waals surface area (Å²) in [5.41, 5.74) is 6.52. The van der Waals surface area contributed by atoms with Gasteiger partial charge in [0.25, 0.3) is 5.91 Å². The summed E-state index contributed by atoms with van der Waals surface area (Å²) in [5.74, 6) is -2.08. The van der Waals surface area contributed by atoms with E-state index in [0.29, 0.717) is 6.42 Å². The maximum absolute atomic E-state index is 12.5. The zero-order valence-electron chi connectivity index (χ0n) is 18.6. The molecule has 1 saturated heterocycles. The van der Waals surface area contributed by atoms with Gasteiger partial charge >= 0.3 is 12.1 Å². The number of carbonyl (C=O) groups is 3. The Morgan fingerprint density at radius 3 is 2.35 bits per heavy atom. The molecule has 180 valence electrons. The molecule has 3 atom stereocenters. The smallest absolute Gasteiger partial charge is 0.407 e. The van der Waals surface area contributed by atoms with E-state index in [9.17, 15) is 14.4 Å². The number of nitrogens with one attached hydrogen (secondary N) is 2. The highest BCUT2D eigenvalue weighted by Gasteiger charge is 2.37. The monoisotopic (exact) mass is 470 g/mol. The van der Waals surface area contributed by atoms with Gasteiger partial charge in [-0.15, -0.1) is 0 Å². The summed E-state index contributed by atoms with van der Waals surface area (Å²) in [5, 5.41) is 11.7. The fourth-order valence-electron chi connectivity index (χ4n) is 4.28. The van der Waals surface area contributed by atoms with Crippen molar-refractivity contribution in [2.75, 3.05) is 26.9 Å². The maximum atomic E-state index is 12.5. The van der Waals surface area contributed by atoms with Crippen LogP contribution in [0.4, 0.5) is 4.79 Å². The molecule has 1 aliphatic carbocycles. The Hall–Kier alpha value is -3.47. The van der Waals surface area contributed by atoms with E-state index in [0.717, 1.165) is 22.3 Å². The maximum Gasteiger partial charge on any atom is 0.407 e. The summed E-state index contributed by atoms with van der Waals surface area (Å²) in [7, 11) is 1.32. The molecule has 0 bridgehead atoms. The Bertz CT molecular complexity index is 1010. The summed E-state index contributed by atoms with van der Waals surface area (Å²) in [6.45, 7) is 0.139. The third kappa shape index (κ3) is 5.04. The minimum atomic E-state index is -1.37. The van der Waals surface area contributed by atoms with Crippen molar-refractivity contribution < 1.29 is 38.5 Å². The van der Waals surface area contributed by atoms with Crippen molar-refractivity contribution in [2.24, 2.45) is 0 Å². The molecule has 3 N–H and O–H groups in total. The van der Waals surface area contributed by atoms with Crippen LogP contribution >= 0.6 is 0 Å². The Morgan fingerprint density at radius 1 is 1.09 bits per heavy atom. The van der Waals surface area contributed by atoms with Crippen LogP contribution in [0.25, 0.3) is 11.1 Å². The Labute approximate surface area is 196 Å². The van der Waals surface area contributed by atoms with E-state index in [1.165, 1.54) is 7.11 Å². The van der Waals surface area contributed by atoms with Gasteiger partial charge in [-0.1, -0.05) is 48.5 Å². The highest BCUT2D eigenvalue weighted by Crippen LogP contribution is 2.44. The number of ether oxygens (including phenoxy) is 3. The summed E-state index contributed by atoms with van der Waals surface area (Å²) >= 11 is 0. The van der Waals surface area contributed by atoms with Gasteiger partial charge in [0.2, 0.25) is 6.10 Å². The van der Waals surface area contributed by atoms with Gasteiger partial charge in [0.15, 0.2) is 6.10 Å². The fraction of sp³-hybridized carbons (Fsp3) is 0.375. The molecule has 2 aromatic carbocycles. The Morgan fingerprint density at radius 2 is 1.74 bits per heavy atom. The van der Waals surface area contributed by atoms with Crippen molar-refractivity contribution in [3.8, 4) is 11.1 Å². The number of alkyl carbamates (subject to hydrolysis) is 1. The van der Waals surface area contributed by atoms with Crippen molar-refractivity contribution in [1.82, 2.24) is 10.8 Å². The molecule has 2 aromatic rings. The molecule has 1 heterocycles. The zero-order valence-corrected chi connectivity index (χ0v) is 18.6. The standard InChI is InChI=1S/C24H26N2O8/c1-31-13-20(23(28)29)34-26-22(27)21-19(10-11-32-21)25-24(30)33-12-18-16-8-4-2-6-14(16)15-7-3-5-9-17(15)18/h2-9,18-21H,10-13H2,1H3,(H,25,30)(H,26,27)(H,28,29). The lowest BCUT2D eigenvalue weighted by atomic mass is 9.98. The Balaban J connectivity index is 1.32. The number of rotatable bonds is 9. The van der Waals surface area contributed by atoms with Gasteiger partial charge in [-0.3, -0.25) is 9.63 Å². The van der Waals surface area contributed by atoms with Crippen LogP contribution in [0.3, 0.4) is 0 Å². The van der Waals surface area contributed by atoms with Crippen LogP contribution < -0.4 is 10.8 Å². The number of carboxylic acids is 1. The molecule has 10 heteroatoms. The van der Waals surface area contributed by atoms with Crippen LogP contribution in [0.1, 0.15) is 23.5 Å². The SMILES string of the molecule is COCC(ONC(=O)C1OCCC1NC(=O)OCC1c2ccccc2-c2ccccc21)C(=O)O. The third-order valence-electron chi connectivity index (χ3n) is 5.89. The number of hydrogen-bond acceptors (Lipinski definition) is 7. The molecule has 0 spiro atoms. The van der Waals surface area contributed by atoms with Gasteiger partial charge < -0.3 is 24.6 Å². The van der Waals surface area contributed by atoms with E-state index in [2.05, 4.69) is 22.9 Å². The number of hydroxylamine groups is 1. The predicted molar refractivity (Wildman–Crippen MR) is 119 cm³/mol. The Kier molecular flexibility index (Phi) is 7.41. The topological polar surface area (TPSA) is 132 Å². The first-order chi connectivity index (χ1) is 16.5. The molecule has 2 amide bonds. The first-order valence-corrected chi connectivity index (χ1v) is 10.9. The molecule has 1 fully saturated rings. The molecule has 34 heavy (non-hydrogen) atoms. The van der Waals surface area contributed by atoms with Crippen molar-refractivity contribution in [3.63, 3.8) is 0 Å². The summed E-state index contributed by atoms with van der Waals surface area (Å²) in [6.07, 6.45) is -2.69.